The third-order valence-electron chi connectivity index (χ3n) is 4.24. The standard InChI is InChI=1S/C14H19N5O2/c1-10-16-11(8-21-10)12(20)19-6-4-14(2,5-7-19)13-17-15-9-18(13)3/h8-9H,4-7H2,1-3H3. The molecule has 112 valence electrons. The second-order valence-electron chi connectivity index (χ2n) is 5.87. The molecular formula is C14H19N5O2. The summed E-state index contributed by atoms with van der Waals surface area (Å²) in [6, 6.07) is 0. The summed E-state index contributed by atoms with van der Waals surface area (Å²) < 4.78 is 7.07. The van der Waals surface area contributed by atoms with Gasteiger partial charge in [-0.3, -0.25) is 4.79 Å². The molecule has 0 aromatic carbocycles. The molecule has 1 aliphatic rings. The first-order valence-electron chi connectivity index (χ1n) is 7.05. The fraction of sp³-hybridized carbons (Fsp3) is 0.571. The van der Waals surface area contributed by atoms with Crippen LogP contribution in [0.3, 0.4) is 0 Å². The maximum Gasteiger partial charge on any atom is 0.275 e. The van der Waals surface area contributed by atoms with Gasteiger partial charge in [0.25, 0.3) is 5.91 Å². The van der Waals surface area contributed by atoms with E-state index in [1.54, 1.807) is 13.3 Å². The lowest BCUT2D eigenvalue weighted by Crippen LogP contribution is -2.45. The number of aromatic nitrogens is 4. The van der Waals surface area contributed by atoms with Gasteiger partial charge in [0.2, 0.25) is 0 Å². The molecule has 3 heterocycles. The number of rotatable bonds is 2. The number of carbonyl (C=O) groups excluding carboxylic acids is 1. The Morgan fingerprint density at radius 1 is 1.38 bits per heavy atom. The highest BCUT2D eigenvalue weighted by Gasteiger charge is 2.37. The van der Waals surface area contributed by atoms with E-state index in [1.165, 1.54) is 6.26 Å². The lowest BCUT2D eigenvalue weighted by molar-refractivity contribution is 0.0663. The molecule has 7 nitrogen and oxygen atoms in total. The zero-order valence-electron chi connectivity index (χ0n) is 12.5. The predicted octanol–water partition coefficient (Wildman–Crippen LogP) is 1.31. The monoisotopic (exact) mass is 289 g/mol. The van der Waals surface area contributed by atoms with Gasteiger partial charge in [-0.25, -0.2) is 4.98 Å². The van der Waals surface area contributed by atoms with Gasteiger partial charge in [0, 0.05) is 32.5 Å². The first kappa shape index (κ1) is 13.8. The minimum Gasteiger partial charge on any atom is -0.448 e. The van der Waals surface area contributed by atoms with Crippen LogP contribution in [0.2, 0.25) is 0 Å². The van der Waals surface area contributed by atoms with E-state index in [0.29, 0.717) is 24.7 Å². The van der Waals surface area contributed by atoms with Crippen molar-refractivity contribution < 1.29 is 9.21 Å². The van der Waals surface area contributed by atoms with E-state index in [0.717, 1.165) is 18.7 Å². The molecule has 0 atom stereocenters. The summed E-state index contributed by atoms with van der Waals surface area (Å²) in [6.45, 7) is 5.29. The van der Waals surface area contributed by atoms with Crippen molar-refractivity contribution in [2.24, 2.45) is 7.05 Å². The predicted molar refractivity (Wildman–Crippen MR) is 74.7 cm³/mol. The minimum absolute atomic E-state index is 0.0399. The molecule has 0 spiro atoms. The lowest BCUT2D eigenvalue weighted by atomic mass is 9.79. The molecule has 2 aromatic heterocycles. The maximum absolute atomic E-state index is 12.3. The summed E-state index contributed by atoms with van der Waals surface area (Å²) in [6.07, 6.45) is 4.87. The Morgan fingerprint density at radius 2 is 2.10 bits per heavy atom. The van der Waals surface area contributed by atoms with E-state index in [1.807, 2.05) is 16.5 Å². The van der Waals surface area contributed by atoms with Gasteiger partial charge in [-0.1, -0.05) is 6.92 Å². The minimum atomic E-state index is -0.0631. The Kier molecular flexibility index (Phi) is 3.27. The Balaban J connectivity index is 1.70. The number of likely N-dealkylation sites (tertiary alicyclic amines) is 1. The number of nitrogens with zero attached hydrogens (tertiary/aromatic N) is 5. The molecule has 3 rings (SSSR count). The summed E-state index contributed by atoms with van der Waals surface area (Å²) in [4.78, 5) is 18.3. The Bertz CT molecular complexity index is 652. The largest absolute Gasteiger partial charge is 0.448 e. The van der Waals surface area contributed by atoms with Crippen molar-refractivity contribution in [3.63, 3.8) is 0 Å². The topological polar surface area (TPSA) is 77.1 Å². The van der Waals surface area contributed by atoms with Gasteiger partial charge in [0.1, 0.15) is 18.4 Å². The molecule has 0 N–H and O–H groups in total. The molecule has 1 amide bonds. The highest BCUT2D eigenvalue weighted by molar-refractivity contribution is 5.92. The van der Waals surface area contributed by atoms with Gasteiger partial charge in [-0.05, 0) is 12.8 Å². The third-order valence-corrected chi connectivity index (χ3v) is 4.24. The number of carbonyl (C=O) groups is 1. The van der Waals surface area contributed by atoms with Crippen LogP contribution in [0.15, 0.2) is 17.0 Å². The highest BCUT2D eigenvalue weighted by atomic mass is 16.3. The lowest BCUT2D eigenvalue weighted by Gasteiger charge is -2.38. The molecule has 1 aliphatic heterocycles. The molecule has 0 radical (unpaired) electrons. The molecular weight excluding hydrogens is 270 g/mol. The quantitative estimate of drug-likeness (QED) is 0.833. The van der Waals surface area contributed by atoms with Crippen LogP contribution < -0.4 is 0 Å². The summed E-state index contributed by atoms with van der Waals surface area (Å²) in [7, 11) is 1.95. The Labute approximate surface area is 123 Å². The van der Waals surface area contributed by atoms with Crippen LogP contribution in [0.5, 0.6) is 0 Å². The Hall–Kier alpha value is -2.18. The van der Waals surface area contributed by atoms with Gasteiger partial charge in [0.05, 0.1) is 0 Å². The number of hydrogen-bond acceptors (Lipinski definition) is 5. The van der Waals surface area contributed by atoms with Crippen LogP contribution in [0.25, 0.3) is 0 Å². The molecule has 0 unspecified atom stereocenters. The van der Waals surface area contributed by atoms with E-state index >= 15 is 0 Å². The van der Waals surface area contributed by atoms with Gasteiger partial charge in [-0.2, -0.15) is 0 Å². The number of piperidine rings is 1. The zero-order valence-corrected chi connectivity index (χ0v) is 12.5. The normalized spacial score (nSPS) is 18.0. The van der Waals surface area contributed by atoms with E-state index in [2.05, 4.69) is 22.1 Å². The Morgan fingerprint density at radius 3 is 2.62 bits per heavy atom. The maximum atomic E-state index is 12.3. The highest BCUT2D eigenvalue weighted by Crippen LogP contribution is 2.33. The van der Waals surface area contributed by atoms with Crippen molar-refractivity contribution in [2.45, 2.75) is 32.1 Å². The number of amides is 1. The van der Waals surface area contributed by atoms with E-state index in [4.69, 9.17) is 4.42 Å². The number of hydrogen-bond donors (Lipinski definition) is 0. The van der Waals surface area contributed by atoms with Crippen LogP contribution in [-0.2, 0) is 12.5 Å². The fourth-order valence-electron chi connectivity index (χ4n) is 2.88. The third kappa shape index (κ3) is 2.43. The second-order valence-corrected chi connectivity index (χ2v) is 5.87. The first-order chi connectivity index (χ1) is 9.99. The van der Waals surface area contributed by atoms with Gasteiger partial charge in [0.15, 0.2) is 11.6 Å². The SMILES string of the molecule is Cc1nc(C(=O)N2CCC(C)(c3nncn3C)CC2)co1. The summed E-state index contributed by atoms with van der Waals surface area (Å²) in [5.74, 6) is 1.43. The molecule has 0 aliphatic carbocycles. The number of oxazole rings is 1. The molecule has 7 heteroatoms. The van der Waals surface area contributed by atoms with Crippen molar-refractivity contribution in [1.29, 1.82) is 0 Å². The summed E-state index contributed by atoms with van der Waals surface area (Å²) in [5, 5.41) is 8.18. The van der Waals surface area contributed by atoms with Crippen LogP contribution >= 0.6 is 0 Å². The van der Waals surface area contributed by atoms with Crippen molar-refractivity contribution >= 4 is 5.91 Å². The fourth-order valence-corrected chi connectivity index (χ4v) is 2.88. The second kappa shape index (κ2) is 4.98. The molecule has 2 aromatic rings. The van der Waals surface area contributed by atoms with Crippen LogP contribution in [0.4, 0.5) is 0 Å². The van der Waals surface area contributed by atoms with Crippen LogP contribution in [0.1, 0.15) is 42.0 Å². The van der Waals surface area contributed by atoms with Crippen molar-refractivity contribution in [1.82, 2.24) is 24.6 Å². The molecule has 1 fully saturated rings. The van der Waals surface area contributed by atoms with Crippen molar-refractivity contribution in [2.75, 3.05) is 13.1 Å². The van der Waals surface area contributed by atoms with Gasteiger partial charge < -0.3 is 13.9 Å². The van der Waals surface area contributed by atoms with Gasteiger partial charge in [-0.15, -0.1) is 10.2 Å². The zero-order chi connectivity index (χ0) is 15.0. The average molecular weight is 289 g/mol. The molecule has 1 saturated heterocycles. The van der Waals surface area contributed by atoms with Crippen LogP contribution in [-0.4, -0.2) is 43.6 Å². The number of aryl methyl sites for hydroxylation is 2. The molecule has 0 saturated carbocycles. The first-order valence-corrected chi connectivity index (χ1v) is 7.05. The van der Waals surface area contributed by atoms with Crippen molar-refractivity contribution in [3.05, 3.63) is 30.0 Å². The van der Waals surface area contributed by atoms with Crippen LogP contribution in [0, 0.1) is 6.92 Å². The van der Waals surface area contributed by atoms with E-state index < -0.39 is 0 Å². The van der Waals surface area contributed by atoms with Gasteiger partial charge >= 0.3 is 0 Å². The average Bonchev–Trinajstić information content (AvgIpc) is 3.08. The van der Waals surface area contributed by atoms with Crippen molar-refractivity contribution in [3.8, 4) is 0 Å². The summed E-state index contributed by atoms with van der Waals surface area (Å²) >= 11 is 0. The smallest absolute Gasteiger partial charge is 0.275 e. The van der Waals surface area contributed by atoms with E-state index in [9.17, 15) is 4.79 Å². The van der Waals surface area contributed by atoms with E-state index in [-0.39, 0.29) is 11.3 Å². The summed E-state index contributed by atoms with van der Waals surface area (Å²) in [5.41, 5.74) is 0.344. The molecule has 21 heavy (non-hydrogen) atoms. The molecule has 0 bridgehead atoms.